The second-order valence-electron chi connectivity index (χ2n) is 6.10. The van der Waals surface area contributed by atoms with Crippen molar-refractivity contribution in [2.24, 2.45) is 0 Å². The molecule has 2 rings (SSSR count). The molecule has 2 fully saturated rings. The summed E-state index contributed by atoms with van der Waals surface area (Å²) in [5, 5.41) is 8.97. The lowest BCUT2D eigenvalue weighted by molar-refractivity contribution is 0.00849. The zero-order chi connectivity index (χ0) is 14.4. The van der Waals surface area contributed by atoms with Gasteiger partial charge in [0.25, 0.3) is 0 Å². The van der Waals surface area contributed by atoms with Crippen LogP contribution in [0.15, 0.2) is 0 Å². The van der Waals surface area contributed by atoms with Crippen LogP contribution >= 0.6 is 0 Å². The molecule has 1 aliphatic heterocycles. The monoisotopic (exact) mass is 284 g/mol. The molecule has 0 bridgehead atoms. The van der Waals surface area contributed by atoms with E-state index in [1.807, 2.05) is 0 Å². The van der Waals surface area contributed by atoms with Gasteiger partial charge in [-0.25, -0.2) is 4.79 Å². The topological polar surface area (TPSA) is 53.0 Å². The minimum Gasteiger partial charge on any atom is -0.465 e. The third-order valence-corrected chi connectivity index (χ3v) is 4.66. The fourth-order valence-electron chi connectivity index (χ4n) is 3.30. The van der Waals surface area contributed by atoms with Crippen molar-refractivity contribution in [1.82, 2.24) is 9.80 Å². The first kappa shape index (κ1) is 15.6. The minimum absolute atomic E-state index is 0.178. The van der Waals surface area contributed by atoms with Crippen molar-refractivity contribution < 1.29 is 14.6 Å². The van der Waals surface area contributed by atoms with Crippen molar-refractivity contribution in [3.63, 3.8) is 0 Å². The molecule has 0 atom stereocenters. The van der Waals surface area contributed by atoms with Gasteiger partial charge in [0.15, 0.2) is 0 Å². The van der Waals surface area contributed by atoms with E-state index in [-0.39, 0.29) is 6.04 Å². The van der Waals surface area contributed by atoms with Crippen LogP contribution in [0.1, 0.15) is 44.9 Å². The smallest absolute Gasteiger partial charge is 0.407 e. The summed E-state index contributed by atoms with van der Waals surface area (Å²) in [6.07, 6.45) is 7.18. The number of hydrogen-bond acceptors (Lipinski definition) is 3. The Morgan fingerprint density at radius 3 is 2.50 bits per heavy atom. The molecule has 1 heterocycles. The number of carboxylic acid groups (broad SMARTS) is 1. The molecule has 1 saturated heterocycles. The van der Waals surface area contributed by atoms with Crippen molar-refractivity contribution in [2.45, 2.75) is 57.1 Å². The van der Waals surface area contributed by atoms with Gasteiger partial charge in [0.1, 0.15) is 0 Å². The Bertz CT molecular complexity index is 297. The molecule has 0 spiro atoms. The van der Waals surface area contributed by atoms with E-state index in [1.54, 1.807) is 7.05 Å². The molecule has 1 saturated carbocycles. The maximum Gasteiger partial charge on any atom is 0.407 e. The lowest BCUT2D eigenvalue weighted by atomic mass is 9.92. The van der Waals surface area contributed by atoms with Crippen LogP contribution in [0, 0.1) is 0 Å². The molecule has 116 valence electrons. The normalized spacial score (nSPS) is 27.6. The molecule has 20 heavy (non-hydrogen) atoms. The Morgan fingerprint density at radius 1 is 1.25 bits per heavy atom. The van der Waals surface area contributed by atoms with Gasteiger partial charge >= 0.3 is 6.09 Å². The van der Waals surface area contributed by atoms with E-state index in [0.717, 1.165) is 45.3 Å². The largest absolute Gasteiger partial charge is 0.465 e. The molecule has 1 aliphatic carbocycles. The molecule has 5 nitrogen and oxygen atoms in total. The summed E-state index contributed by atoms with van der Waals surface area (Å²) >= 11 is 0. The second kappa shape index (κ2) is 7.84. The van der Waals surface area contributed by atoms with Gasteiger partial charge in [-0.15, -0.1) is 0 Å². The molecule has 0 aromatic heterocycles. The summed E-state index contributed by atoms with van der Waals surface area (Å²) < 4.78 is 5.94. The van der Waals surface area contributed by atoms with Gasteiger partial charge in [-0.1, -0.05) is 0 Å². The number of amides is 1. The molecule has 0 radical (unpaired) electrons. The molecular weight excluding hydrogens is 256 g/mol. The van der Waals surface area contributed by atoms with E-state index < -0.39 is 6.09 Å². The average molecular weight is 284 g/mol. The molecule has 0 unspecified atom stereocenters. The van der Waals surface area contributed by atoms with E-state index in [0.29, 0.717) is 6.10 Å². The maximum atomic E-state index is 10.9. The Hall–Kier alpha value is -0.810. The van der Waals surface area contributed by atoms with Gasteiger partial charge in [-0.3, -0.25) is 0 Å². The van der Waals surface area contributed by atoms with Gasteiger partial charge in [-0.2, -0.15) is 0 Å². The first-order valence-electron chi connectivity index (χ1n) is 7.96. The summed E-state index contributed by atoms with van der Waals surface area (Å²) in [5.74, 6) is 0. The highest BCUT2D eigenvalue weighted by molar-refractivity contribution is 5.64. The van der Waals surface area contributed by atoms with Gasteiger partial charge in [0.2, 0.25) is 0 Å². The van der Waals surface area contributed by atoms with E-state index in [1.165, 1.54) is 30.8 Å². The predicted octanol–water partition coefficient (Wildman–Crippen LogP) is 2.41. The third kappa shape index (κ3) is 4.63. The van der Waals surface area contributed by atoms with Gasteiger partial charge in [0, 0.05) is 26.2 Å². The second-order valence-corrected chi connectivity index (χ2v) is 6.10. The number of ether oxygens (including phenoxy) is 1. The van der Waals surface area contributed by atoms with Gasteiger partial charge in [-0.05, 0) is 58.0 Å². The SMILES string of the molecule is CN(C(=O)O)C1CCC(OCCCN2CCCC2)CC1. The van der Waals surface area contributed by atoms with Crippen LogP contribution in [0.5, 0.6) is 0 Å². The Labute approximate surface area is 121 Å². The third-order valence-electron chi connectivity index (χ3n) is 4.66. The van der Waals surface area contributed by atoms with Crippen molar-refractivity contribution in [2.75, 3.05) is 33.3 Å². The van der Waals surface area contributed by atoms with Crippen LogP contribution < -0.4 is 0 Å². The zero-order valence-electron chi connectivity index (χ0n) is 12.6. The van der Waals surface area contributed by atoms with E-state index in [9.17, 15) is 4.79 Å². The highest BCUT2D eigenvalue weighted by Gasteiger charge is 2.26. The van der Waals surface area contributed by atoms with Crippen molar-refractivity contribution >= 4 is 6.09 Å². The fourth-order valence-corrected chi connectivity index (χ4v) is 3.30. The first-order valence-corrected chi connectivity index (χ1v) is 7.96. The Balaban J connectivity index is 1.54. The summed E-state index contributed by atoms with van der Waals surface area (Å²) in [6.45, 7) is 4.52. The zero-order valence-corrected chi connectivity index (χ0v) is 12.6. The average Bonchev–Trinajstić information content (AvgIpc) is 2.96. The standard InChI is InChI=1S/C15H28N2O3/c1-16(15(18)19)13-5-7-14(8-6-13)20-12-4-11-17-9-2-3-10-17/h13-14H,2-12H2,1H3,(H,18,19). The number of carbonyl (C=O) groups is 1. The maximum absolute atomic E-state index is 10.9. The quantitative estimate of drug-likeness (QED) is 0.761. The first-order chi connectivity index (χ1) is 9.66. The van der Waals surface area contributed by atoms with Crippen molar-refractivity contribution in [1.29, 1.82) is 0 Å². The van der Waals surface area contributed by atoms with Crippen molar-refractivity contribution in [3.05, 3.63) is 0 Å². The lowest BCUT2D eigenvalue weighted by Gasteiger charge is -2.33. The summed E-state index contributed by atoms with van der Waals surface area (Å²) in [4.78, 5) is 14.9. The molecule has 5 heteroatoms. The summed E-state index contributed by atoms with van der Waals surface area (Å²) in [6, 6.07) is 0.178. The fraction of sp³-hybridized carbons (Fsp3) is 0.933. The number of likely N-dealkylation sites (tertiary alicyclic amines) is 1. The number of hydrogen-bond donors (Lipinski definition) is 1. The van der Waals surface area contributed by atoms with E-state index in [2.05, 4.69) is 4.90 Å². The Kier molecular flexibility index (Phi) is 6.10. The van der Waals surface area contributed by atoms with Gasteiger partial charge < -0.3 is 19.6 Å². The van der Waals surface area contributed by atoms with Crippen LogP contribution in [-0.4, -0.2) is 66.4 Å². The molecule has 2 aliphatic rings. The molecule has 1 amide bonds. The molecule has 1 N–H and O–H groups in total. The molecule has 0 aromatic rings. The highest BCUT2D eigenvalue weighted by atomic mass is 16.5. The predicted molar refractivity (Wildman–Crippen MR) is 78.1 cm³/mol. The van der Waals surface area contributed by atoms with Crippen LogP contribution in [0.4, 0.5) is 4.79 Å². The van der Waals surface area contributed by atoms with Crippen LogP contribution in [0.3, 0.4) is 0 Å². The number of rotatable bonds is 6. The minimum atomic E-state index is -0.819. The Morgan fingerprint density at radius 2 is 1.90 bits per heavy atom. The van der Waals surface area contributed by atoms with E-state index in [4.69, 9.17) is 9.84 Å². The van der Waals surface area contributed by atoms with Gasteiger partial charge in [0.05, 0.1) is 6.10 Å². The van der Waals surface area contributed by atoms with E-state index >= 15 is 0 Å². The molecular formula is C15H28N2O3. The van der Waals surface area contributed by atoms with Crippen LogP contribution in [0.2, 0.25) is 0 Å². The van der Waals surface area contributed by atoms with Crippen LogP contribution in [-0.2, 0) is 4.74 Å². The highest BCUT2D eigenvalue weighted by Crippen LogP contribution is 2.24. The van der Waals surface area contributed by atoms with Crippen molar-refractivity contribution in [3.8, 4) is 0 Å². The summed E-state index contributed by atoms with van der Waals surface area (Å²) in [7, 11) is 1.67. The molecule has 0 aromatic carbocycles. The lowest BCUT2D eigenvalue weighted by Crippen LogP contribution is -2.40. The van der Waals surface area contributed by atoms with Crippen LogP contribution in [0.25, 0.3) is 0 Å². The number of nitrogens with zero attached hydrogens (tertiary/aromatic N) is 2. The summed E-state index contributed by atoms with van der Waals surface area (Å²) in [5.41, 5.74) is 0.